The number of pyridine rings is 1. The molecule has 4 nitrogen and oxygen atoms in total. The second kappa shape index (κ2) is 7.05. The van der Waals surface area contributed by atoms with Crippen LogP contribution >= 0.6 is 15.9 Å². The van der Waals surface area contributed by atoms with Crippen LogP contribution in [0.15, 0.2) is 47.1 Å². The maximum atomic E-state index is 11.7. The Morgan fingerprint density at radius 1 is 1.30 bits per heavy atom. The van der Waals surface area contributed by atoms with Crippen LogP contribution in [0, 0.1) is 0 Å². The van der Waals surface area contributed by atoms with Gasteiger partial charge in [0.2, 0.25) is 0 Å². The van der Waals surface area contributed by atoms with Crippen LogP contribution in [0.5, 0.6) is 0 Å². The number of anilines is 1. The van der Waals surface area contributed by atoms with Crippen molar-refractivity contribution in [1.29, 1.82) is 0 Å². The van der Waals surface area contributed by atoms with Gasteiger partial charge in [-0.05, 0) is 36.8 Å². The first kappa shape index (κ1) is 14.5. The van der Waals surface area contributed by atoms with Gasteiger partial charge >= 0.3 is 0 Å². The van der Waals surface area contributed by atoms with E-state index in [1.165, 1.54) is 0 Å². The van der Waals surface area contributed by atoms with Crippen LogP contribution in [0.4, 0.5) is 5.69 Å². The average Bonchev–Trinajstić information content (AvgIpc) is 2.46. The lowest BCUT2D eigenvalue weighted by Crippen LogP contribution is -2.23. The standard InChI is InChI=1S/C15H16BrN3O/c1-2-17-15(20)14-9-13(6-7-18-14)19-10-11-4-3-5-12(16)8-11/h3-9H,2,10H2,1H3,(H,17,20)(H,18,19). The molecule has 0 radical (unpaired) electrons. The zero-order chi connectivity index (χ0) is 14.4. The molecule has 0 aliphatic rings. The number of carbonyl (C=O) groups is 1. The molecule has 1 aromatic carbocycles. The monoisotopic (exact) mass is 333 g/mol. The van der Waals surface area contributed by atoms with Crippen molar-refractivity contribution in [2.24, 2.45) is 0 Å². The normalized spacial score (nSPS) is 10.1. The van der Waals surface area contributed by atoms with Gasteiger partial charge in [0.15, 0.2) is 0 Å². The molecule has 0 saturated heterocycles. The molecule has 0 bridgehead atoms. The topological polar surface area (TPSA) is 54.0 Å². The first-order valence-electron chi connectivity index (χ1n) is 6.41. The van der Waals surface area contributed by atoms with Gasteiger partial charge in [-0.15, -0.1) is 0 Å². The Bertz CT molecular complexity index is 601. The Morgan fingerprint density at radius 3 is 2.90 bits per heavy atom. The summed E-state index contributed by atoms with van der Waals surface area (Å²) in [6, 6.07) is 11.7. The molecule has 2 N–H and O–H groups in total. The number of nitrogens with zero attached hydrogens (tertiary/aromatic N) is 1. The summed E-state index contributed by atoms with van der Waals surface area (Å²) < 4.78 is 1.05. The summed E-state index contributed by atoms with van der Waals surface area (Å²) in [7, 11) is 0. The van der Waals surface area contributed by atoms with Gasteiger partial charge in [-0.25, -0.2) is 0 Å². The Labute approximate surface area is 126 Å². The first-order valence-corrected chi connectivity index (χ1v) is 7.21. The smallest absolute Gasteiger partial charge is 0.269 e. The molecule has 1 amide bonds. The Hall–Kier alpha value is -1.88. The lowest BCUT2D eigenvalue weighted by Gasteiger charge is -2.08. The van der Waals surface area contributed by atoms with Crippen molar-refractivity contribution in [2.75, 3.05) is 11.9 Å². The highest BCUT2D eigenvalue weighted by Crippen LogP contribution is 2.14. The van der Waals surface area contributed by atoms with Crippen LogP contribution in [0.25, 0.3) is 0 Å². The van der Waals surface area contributed by atoms with Gasteiger partial charge in [-0.3, -0.25) is 9.78 Å². The van der Waals surface area contributed by atoms with Crippen LogP contribution in [0.3, 0.4) is 0 Å². The van der Waals surface area contributed by atoms with Crippen LogP contribution in [0.1, 0.15) is 23.0 Å². The summed E-state index contributed by atoms with van der Waals surface area (Å²) in [5.74, 6) is -0.154. The van der Waals surface area contributed by atoms with Crippen LogP contribution < -0.4 is 10.6 Å². The molecule has 20 heavy (non-hydrogen) atoms. The summed E-state index contributed by atoms with van der Waals surface area (Å²) in [4.78, 5) is 15.8. The molecule has 2 rings (SSSR count). The minimum absolute atomic E-state index is 0.154. The van der Waals surface area contributed by atoms with E-state index < -0.39 is 0 Å². The fraction of sp³-hybridized carbons (Fsp3) is 0.200. The highest BCUT2D eigenvalue weighted by molar-refractivity contribution is 9.10. The lowest BCUT2D eigenvalue weighted by atomic mass is 10.2. The number of carbonyl (C=O) groups excluding carboxylic acids is 1. The third-order valence-electron chi connectivity index (χ3n) is 2.72. The van der Waals surface area contributed by atoms with Gasteiger partial charge in [0.05, 0.1) is 0 Å². The van der Waals surface area contributed by atoms with Gasteiger partial charge in [-0.1, -0.05) is 28.1 Å². The van der Waals surface area contributed by atoms with E-state index in [1.54, 1.807) is 12.3 Å². The van der Waals surface area contributed by atoms with Gasteiger partial charge in [-0.2, -0.15) is 0 Å². The third kappa shape index (κ3) is 4.06. The molecule has 5 heteroatoms. The predicted octanol–water partition coefficient (Wildman–Crippen LogP) is 3.21. The minimum Gasteiger partial charge on any atom is -0.381 e. The molecule has 0 unspecified atom stereocenters. The molecule has 0 aliphatic carbocycles. The number of aromatic nitrogens is 1. The number of halogens is 1. The minimum atomic E-state index is -0.154. The van der Waals surface area contributed by atoms with Crippen molar-refractivity contribution in [3.05, 3.63) is 58.3 Å². The number of rotatable bonds is 5. The maximum absolute atomic E-state index is 11.7. The summed E-state index contributed by atoms with van der Waals surface area (Å²) in [5.41, 5.74) is 2.46. The number of amides is 1. The molecule has 2 aromatic rings. The predicted molar refractivity (Wildman–Crippen MR) is 83.7 cm³/mol. The molecule has 0 spiro atoms. The summed E-state index contributed by atoms with van der Waals surface area (Å²) in [6.07, 6.45) is 1.63. The SMILES string of the molecule is CCNC(=O)c1cc(NCc2cccc(Br)c2)ccn1. The fourth-order valence-electron chi connectivity index (χ4n) is 1.77. The highest BCUT2D eigenvalue weighted by Gasteiger charge is 2.06. The van der Waals surface area contributed by atoms with Crippen LogP contribution in [0.2, 0.25) is 0 Å². The molecule has 0 saturated carbocycles. The van der Waals surface area contributed by atoms with Crippen LogP contribution in [-0.2, 0) is 6.54 Å². The number of benzene rings is 1. The summed E-state index contributed by atoms with van der Waals surface area (Å²) in [6.45, 7) is 3.17. The van der Waals surface area contributed by atoms with E-state index in [9.17, 15) is 4.79 Å². The zero-order valence-corrected chi connectivity index (χ0v) is 12.8. The van der Waals surface area contributed by atoms with E-state index in [4.69, 9.17) is 0 Å². The quantitative estimate of drug-likeness (QED) is 0.883. The molecule has 1 aromatic heterocycles. The number of hydrogen-bond donors (Lipinski definition) is 2. The maximum Gasteiger partial charge on any atom is 0.269 e. The molecule has 0 atom stereocenters. The van der Waals surface area contributed by atoms with E-state index in [-0.39, 0.29) is 5.91 Å². The molecule has 1 heterocycles. The van der Waals surface area contributed by atoms with Crippen LogP contribution in [-0.4, -0.2) is 17.4 Å². The summed E-state index contributed by atoms with van der Waals surface area (Å²) in [5, 5.41) is 6.02. The van der Waals surface area contributed by atoms with E-state index in [0.29, 0.717) is 18.8 Å². The fourth-order valence-corrected chi connectivity index (χ4v) is 2.21. The van der Waals surface area contributed by atoms with Crippen molar-refractivity contribution in [1.82, 2.24) is 10.3 Å². The van der Waals surface area contributed by atoms with Gasteiger partial charge in [0.1, 0.15) is 5.69 Å². The van der Waals surface area contributed by atoms with Crippen molar-refractivity contribution in [3.8, 4) is 0 Å². The second-order valence-corrected chi connectivity index (χ2v) is 5.19. The zero-order valence-electron chi connectivity index (χ0n) is 11.2. The third-order valence-corrected chi connectivity index (χ3v) is 3.21. The number of nitrogens with one attached hydrogen (secondary N) is 2. The molecule has 0 fully saturated rings. The largest absolute Gasteiger partial charge is 0.381 e. The number of hydrogen-bond acceptors (Lipinski definition) is 3. The van der Waals surface area contributed by atoms with Crippen molar-refractivity contribution >= 4 is 27.5 Å². The lowest BCUT2D eigenvalue weighted by molar-refractivity contribution is 0.0951. The first-order chi connectivity index (χ1) is 9.69. The van der Waals surface area contributed by atoms with Crippen molar-refractivity contribution in [3.63, 3.8) is 0 Å². The van der Waals surface area contributed by atoms with E-state index in [0.717, 1.165) is 15.7 Å². The van der Waals surface area contributed by atoms with Crippen molar-refractivity contribution < 1.29 is 4.79 Å². The van der Waals surface area contributed by atoms with E-state index in [2.05, 4.69) is 37.6 Å². The van der Waals surface area contributed by atoms with E-state index >= 15 is 0 Å². The second-order valence-electron chi connectivity index (χ2n) is 4.27. The highest BCUT2D eigenvalue weighted by atomic mass is 79.9. The Kier molecular flexibility index (Phi) is 5.12. The van der Waals surface area contributed by atoms with Gasteiger partial charge in [0.25, 0.3) is 5.91 Å². The summed E-state index contributed by atoms with van der Waals surface area (Å²) >= 11 is 3.45. The van der Waals surface area contributed by atoms with Gasteiger partial charge < -0.3 is 10.6 Å². The Balaban J connectivity index is 2.03. The molecule has 0 aliphatic heterocycles. The molecular weight excluding hydrogens is 318 g/mol. The van der Waals surface area contributed by atoms with E-state index in [1.807, 2.05) is 31.2 Å². The molecule has 104 valence electrons. The average molecular weight is 334 g/mol. The Morgan fingerprint density at radius 2 is 2.15 bits per heavy atom. The van der Waals surface area contributed by atoms with Gasteiger partial charge in [0, 0.05) is 29.4 Å². The molecular formula is C15H16BrN3O. The van der Waals surface area contributed by atoms with Crippen molar-refractivity contribution in [2.45, 2.75) is 13.5 Å².